The Morgan fingerprint density at radius 1 is 1.05 bits per heavy atom. The van der Waals surface area contributed by atoms with Crippen LogP contribution in [-0.2, 0) is 0 Å². The molecule has 0 atom stereocenters. The number of rotatable bonds is 3. The number of aromatic nitrogens is 2. The number of methoxy groups -OCH3 is 1. The first kappa shape index (κ1) is 12.9. The summed E-state index contributed by atoms with van der Waals surface area (Å²) in [5.74, 6) is 0.821. The molecule has 0 saturated heterocycles. The molecule has 100 valence electrons. The van der Waals surface area contributed by atoms with Crippen molar-refractivity contribution in [2.75, 3.05) is 7.11 Å². The van der Waals surface area contributed by atoms with E-state index in [4.69, 9.17) is 4.74 Å². The first-order chi connectivity index (χ1) is 9.76. The van der Waals surface area contributed by atoms with Gasteiger partial charge in [0.25, 0.3) is 0 Å². The van der Waals surface area contributed by atoms with E-state index in [0.29, 0.717) is 0 Å². The molecule has 0 aliphatic carbocycles. The predicted octanol–water partition coefficient (Wildman–Crippen LogP) is 4.31. The number of ether oxygens (including phenoxy) is 1. The maximum atomic E-state index is 5.24. The van der Waals surface area contributed by atoms with Crippen molar-refractivity contribution in [3.8, 4) is 22.6 Å². The van der Waals surface area contributed by atoms with E-state index in [1.54, 1.807) is 7.11 Å². The highest BCUT2D eigenvalue weighted by molar-refractivity contribution is 9.10. The number of halogens is 1. The third kappa shape index (κ3) is 2.60. The Morgan fingerprint density at radius 3 is 2.70 bits per heavy atom. The molecule has 2 aromatic carbocycles. The third-order valence-electron chi connectivity index (χ3n) is 3.06. The van der Waals surface area contributed by atoms with E-state index >= 15 is 0 Å². The van der Waals surface area contributed by atoms with E-state index in [0.717, 1.165) is 27.0 Å². The number of hydrogen-bond donors (Lipinski definition) is 0. The van der Waals surface area contributed by atoms with Crippen molar-refractivity contribution in [2.45, 2.75) is 0 Å². The van der Waals surface area contributed by atoms with Crippen molar-refractivity contribution >= 4 is 15.9 Å². The predicted molar refractivity (Wildman–Crippen MR) is 83.3 cm³/mol. The van der Waals surface area contributed by atoms with Crippen molar-refractivity contribution in [1.29, 1.82) is 0 Å². The van der Waals surface area contributed by atoms with Gasteiger partial charge in [-0.3, -0.25) is 0 Å². The van der Waals surface area contributed by atoms with E-state index in [2.05, 4.69) is 33.2 Å². The summed E-state index contributed by atoms with van der Waals surface area (Å²) in [5, 5.41) is 4.41. The summed E-state index contributed by atoms with van der Waals surface area (Å²) in [7, 11) is 1.66. The van der Waals surface area contributed by atoms with Gasteiger partial charge in [-0.25, -0.2) is 4.68 Å². The lowest BCUT2D eigenvalue weighted by atomic mass is 10.1. The first-order valence-electron chi connectivity index (χ1n) is 6.21. The number of nitrogens with zero attached hydrogens (tertiary/aromatic N) is 2. The molecule has 4 heteroatoms. The molecule has 3 nitrogen and oxygen atoms in total. The van der Waals surface area contributed by atoms with Crippen LogP contribution in [0.25, 0.3) is 16.8 Å². The topological polar surface area (TPSA) is 27.1 Å². The van der Waals surface area contributed by atoms with Crippen molar-refractivity contribution in [3.63, 3.8) is 0 Å². The maximum Gasteiger partial charge on any atom is 0.121 e. The Labute approximate surface area is 125 Å². The smallest absolute Gasteiger partial charge is 0.121 e. The molecule has 1 aromatic heterocycles. The first-order valence-corrected chi connectivity index (χ1v) is 7.00. The van der Waals surface area contributed by atoms with Gasteiger partial charge in [-0.1, -0.05) is 34.1 Å². The molecular weight excluding hydrogens is 316 g/mol. The van der Waals surface area contributed by atoms with Gasteiger partial charge in [0.05, 0.1) is 19.0 Å². The van der Waals surface area contributed by atoms with Gasteiger partial charge in [-0.05, 0) is 29.8 Å². The highest BCUT2D eigenvalue weighted by Gasteiger charge is 2.04. The van der Waals surface area contributed by atoms with Gasteiger partial charge in [-0.15, -0.1) is 0 Å². The maximum absolute atomic E-state index is 5.24. The molecule has 0 aliphatic heterocycles. The van der Waals surface area contributed by atoms with E-state index < -0.39 is 0 Å². The highest BCUT2D eigenvalue weighted by atomic mass is 79.9. The van der Waals surface area contributed by atoms with E-state index in [-0.39, 0.29) is 0 Å². The molecule has 3 rings (SSSR count). The summed E-state index contributed by atoms with van der Waals surface area (Å²) < 4.78 is 8.14. The zero-order valence-corrected chi connectivity index (χ0v) is 12.5. The summed E-state index contributed by atoms with van der Waals surface area (Å²) in [6.45, 7) is 0. The van der Waals surface area contributed by atoms with E-state index in [1.165, 1.54) is 0 Å². The Morgan fingerprint density at radius 2 is 1.90 bits per heavy atom. The second-order valence-electron chi connectivity index (χ2n) is 4.39. The quantitative estimate of drug-likeness (QED) is 0.716. The summed E-state index contributed by atoms with van der Waals surface area (Å²) in [5.41, 5.74) is 3.19. The van der Waals surface area contributed by atoms with Gasteiger partial charge >= 0.3 is 0 Å². The molecule has 1 heterocycles. The fraction of sp³-hybridized carbons (Fsp3) is 0.0625. The van der Waals surface area contributed by atoms with Crippen LogP contribution in [0.15, 0.2) is 65.4 Å². The normalized spacial score (nSPS) is 10.5. The lowest BCUT2D eigenvalue weighted by Gasteiger charge is -2.04. The molecule has 20 heavy (non-hydrogen) atoms. The lowest BCUT2D eigenvalue weighted by Crippen LogP contribution is -1.94. The Hall–Kier alpha value is -2.07. The van der Waals surface area contributed by atoms with Gasteiger partial charge in [0.2, 0.25) is 0 Å². The SMILES string of the molecule is COc1cccc(-n2cc(-c3cccc(Br)c3)cn2)c1. The molecule has 0 saturated carbocycles. The van der Waals surface area contributed by atoms with Crippen LogP contribution < -0.4 is 4.74 Å². The molecule has 0 radical (unpaired) electrons. The minimum absolute atomic E-state index is 0.821. The molecule has 0 aliphatic rings. The van der Waals surface area contributed by atoms with Gasteiger partial charge in [-0.2, -0.15) is 5.10 Å². The van der Waals surface area contributed by atoms with Gasteiger partial charge in [0.15, 0.2) is 0 Å². The van der Waals surface area contributed by atoms with Crippen molar-refractivity contribution in [2.24, 2.45) is 0 Å². The van der Waals surface area contributed by atoms with Crippen LogP contribution in [0.5, 0.6) is 5.75 Å². The second kappa shape index (κ2) is 5.51. The van der Waals surface area contributed by atoms with Crippen LogP contribution in [0.2, 0.25) is 0 Å². The number of benzene rings is 2. The van der Waals surface area contributed by atoms with E-state index in [1.807, 2.05) is 53.5 Å². The standard InChI is InChI=1S/C16H13BrN2O/c1-20-16-7-3-6-15(9-16)19-11-13(10-18-19)12-4-2-5-14(17)8-12/h2-11H,1H3. The summed E-state index contributed by atoms with van der Waals surface area (Å²) in [6.07, 6.45) is 3.87. The Bertz CT molecular complexity index is 737. The fourth-order valence-electron chi connectivity index (χ4n) is 2.03. The van der Waals surface area contributed by atoms with Crippen molar-refractivity contribution < 1.29 is 4.74 Å². The zero-order valence-electron chi connectivity index (χ0n) is 11.0. The fourth-order valence-corrected chi connectivity index (χ4v) is 2.43. The summed E-state index contributed by atoms with van der Waals surface area (Å²) in [4.78, 5) is 0. The minimum Gasteiger partial charge on any atom is -0.497 e. The third-order valence-corrected chi connectivity index (χ3v) is 3.55. The van der Waals surface area contributed by atoms with Crippen molar-refractivity contribution in [3.05, 3.63) is 65.4 Å². The van der Waals surface area contributed by atoms with Crippen LogP contribution in [0.4, 0.5) is 0 Å². The molecular formula is C16H13BrN2O. The molecule has 0 fully saturated rings. The average Bonchev–Trinajstić information content (AvgIpc) is 2.97. The molecule has 0 N–H and O–H groups in total. The molecule has 0 spiro atoms. The highest BCUT2D eigenvalue weighted by Crippen LogP contribution is 2.24. The van der Waals surface area contributed by atoms with Gasteiger partial charge < -0.3 is 4.74 Å². The van der Waals surface area contributed by atoms with Crippen LogP contribution in [0, 0.1) is 0 Å². The Balaban J connectivity index is 1.97. The molecule has 0 unspecified atom stereocenters. The molecule has 3 aromatic rings. The second-order valence-corrected chi connectivity index (χ2v) is 5.30. The zero-order chi connectivity index (χ0) is 13.9. The minimum atomic E-state index is 0.821. The lowest BCUT2D eigenvalue weighted by molar-refractivity contribution is 0.414. The Kier molecular flexibility index (Phi) is 3.56. The summed E-state index contributed by atoms with van der Waals surface area (Å²) >= 11 is 3.49. The van der Waals surface area contributed by atoms with Gasteiger partial charge in [0.1, 0.15) is 5.75 Å². The number of hydrogen-bond acceptors (Lipinski definition) is 2. The van der Waals surface area contributed by atoms with Gasteiger partial charge in [0, 0.05) is 22.3 Å². The molecule has 0 bridgehead atoms. The van der Waals surface area contributed by atoms with Crippen LogP contribution >= 0.6 is 15.9 Å². The van der Waals surface area contributed by atoms with Crippen LogP contribution in [0.1, 0.15) is 0 Å². The van der Waals surface area contributed by atoms with Crippen molar-refractivity contribution in [1.82, 2.24) is 9.78 Å². The van der Waals surface area contributed by atoms with E-state index in [9.17, 15) is 0 Å². The molecule has 0 amide bonds. The van der Waals surface area contributed by atoms with Crippen LogP contribution in [-0.4, -0.2) is 16.9 Å². The monoisotopic (exact) mass is 328 g/mol. The average molecular weight is 329 g/mol. The summed E-state index contributed by atoms with van der Waals surface area (Å²) in [6, 6.07) is 16.0. The largest absolute Gasteiger partial charge is 0.497 e. The van der Waals surface area contributed by atoms with Crippen LogP contribution in [0.3, 0.4) is 0 Å².